The Morgan fingerprint density at radius 1 is 0.846 bits per heavy atom. The van der Waals surface area contributed by atoms with Crippen LogP contribution in [0.5, 0.6) is 0 Å². The molecule has 132 valence electrons. The number of carbonyl (C=O) groups is 1. The molecule has 1 amide bonds. The molecule has 3 heteroatoms. The highest BCUT2D eigenvalue weighted by molar-refractivity contribution is 5.95. The summed E-state index contributed by atoms with van der Waals surface area (Å²) in [7, 11) is 2.03. The van der Waals surface area contributed by atoms with Crippen LogP contribution in [0.15, 0.2) is 84.9 Å². The summed E-state index contributed by atoms with van der Waals surface area (Å²) >= 11 is 0. The van der Waals surface area contributed by atoms with Crippen molar-refractivity contribution < 1.29 is 4.79 Å². The molecule has 26 heavy (non-hydrogen) atoms. The van der Waals surface area contributed by atoms with E-state index in [4.69, 9.17) is 0 Å². The van der Waals surface area contributed by atoms with Gasteiger partial charge in [-0.3, -0.25) is 4.79 Å². The third kappa shape index (κ3) is 4.73. The minimum Gasteiger partial charge on any atom is -0.373 e. The standard InChI is InChI=1S/C23H24N2O/c1-25(21-13-6-3-7-14-21)17-16-24-23(26)22-15-9-8-12-20(22)18-19-10-4-2-5-11-19/h2-15H,16-18H2,1H3,(H,24,26). The molecule has 0 radical (unpaired) electrons. The summed E-state index contributed by atoms with van der Waals surface area (Å²) in [5.74, 6) is -0.0157. The Morgan fingerprint density at radius 3 is 2.19 bits per heavy atom. The van der Waals surface area contributed by atoms with Gasteiger partial charge in [-0.1, -0.05) is 66.7 Å². The number of hydrogen-bond acceptors (Lipinski definition) is 2. The molecule has 3 rings (SSSR count). The second-order valence-electron chi connectivity index (χ2n) is 6.33. The fourth-order valence-corrected chi connectivity index (χ4v) is 2.96. The second-order valence-corrected chi connectivity index (χ2v) is 6.33. The van der Waals surface area contributed by atoms with E-state index >= 15 is 0 Å². The van der Waals surface area contributed by atoms with Gasteiger partial charge in [0.15, 0.2) is 0 Å². The quantitative estimate of drug-likeness (QED) is 0.698. The number of nitrogens with one attached hydrogen (secondary N) is 1. The number of benzene rings is 3. The minimum absolute atomic E-state index is 0.0157. The summed E-state index contributed by atoms with van der Waals surface area (Å²) in [4.78, 5) is 14.8. The average Bonchev–Trinajstić information content (AvgIpc) is 2.69. The van der Waals surface area contributed by atoms with Crippen LogP contribution in [-0.4, -0.2) is 26.0 Å². The van der Waals surface area contributed by atoms with Gasteiger partial charge in [-0.05, 0) is 35.7 Å². The van der Waals surface area contributed by atoms with Crippen molar-refractivity contribution in [1.82, 2.24) is 5.32 Å². The van der Waals surface area contributed by atoms with E-state index < -0.39 is 0 Å². The molecule has 0 saturated carbocycles. The molecule has 0 aliphatic rings. The molecule has 0 aliphatic heterocycles. The number of likely N-dealkylation sites (N-methyl/N-ethyl adjacent to an activating group) is 1. The molecule has 0 bridgehead atoms. The molecule has 0 aliphatic carbocycles. The zero-order valence-electron chi connectivity index (χ0n) is 15.1. The normalized spacial score (nSPS) is 10.3. The van der Waals surface area contributed by atoms with Gasteiger partial charge in [-0.15, -0.1) is 0 Å². The van der Waals surface area contributed by atoms with Gasteiger partial charge in [0.1, 0.15) is 0 Å². The second kappa shape index (κ2) is 8.86. The predicted molar refractivity (Wildman–Crippen MR) is 108 cm³/mol. The lowest BCUT2D eigenvalue weighted by molar-refractivity contribution is 0.0954. The first-order valence-electron chi connectivity index (χ1n) is 8.90. The highest BCUT2D eigenvalue weighted by atomic mass is 16.1. The SMILES string of the molecule is CN(CCNC(=O)c1ccccc1Cc1ccccc1)c1ccccc1. The van der Waals surface area contributed by atoms with E-state index in [0.29, 0.717) is 6.54 Å². The van der Waals surface area contributed by atoms with Crippen LogP contribution in [0.4, 0.5) is 5.69 Å². The monoisotopic (exact) mass is 344 g/mol. The molecule has 0 fully saturated rings. The number of para-hydroxylation sites is 1. The Morgan fingerprint density at radius 2 is 1.46 bits per heavy atom. The maximum absolute atomic E-state index is 12.6. The van der Waals surface area contributed by atoms with Gasteiger partial charge in [-0.25, -0.2) is 0 Å². The van der Waals surface area contributed by atoms with Crippen LogP contribution < -0.4 is 10.2 Å². The van der Waals surface area contributed by atoms with Crippen molar-refractivity contribution in [3.8, 4) is 0 Å². The van der Waals surface area contributed by atoms with Gasteiger partial charge in [0.2, 0.25) is 0 Å². The first kappa shape index (κ1) is 17.7. The molecular formula is C23H24N2O. The third-order valence-corrected chi connectivity index (χ3v) is 4.43. The first-order chi connectivity index (χ1) is 12.7. The Kier molecular flexibility index (Phi) is 6.05. The lowest BCUT2D eigenvalue weighted by Gasteiger charge is -2.19. The summed E-state index contributed by atoms with van der Waals surface area (Å²) in [6.45, 7) is 1.36. The lowest BCUT2D eigenvalue weighted by Crippen LogP contribution is -2.33. The Labute approximate surface area is 155 Å². The fraction of sp³-hybridized carbons (Fsp3) is 0.174. The van der Waals surface area contributed by atoms with Crippen LogP contribution in [0.2, 0.25) is 0 Å². The molecule has 0 atom stereocenters. The van der Waals surface area contributed by atoms with Crippen molar-refractivity contribution in [3.63, 3.8) is 0 Å². The van der Waals surface area contributed by atoms with Crippen molar-refractivity contribution in [2.45, 2.75) is 6.42 Å². The van der Waals surface area contributed by atoms with Gasteiger partial charge in [0, 0.05) is 31.4 Å². The molecule has 3 aromatic carbocycles. The van der Waals surface area contributed by atoms with Gasteiger partial charge in [-0.2, -0.15) is 0 Å². The molecular weight excluding hydrogens is 320 g/mol. The number of nitrogens with zero attached hydrogens (tertiary/aromatic N) is 1. The topological polar surface area (TPSA) is 32.3 Å². The third-order valence-electron chi connectivity index (χ3n) is 4.43. The predicted octanol–water partition coefficient (Wildman–Crippen LogP) is 4.14. The summed E-state index contributed by atoms with van der Waals surface area (Å²) in [5.41, 5.74) is 4.15. The van der Waals surface area contributed by atoms with Gasteiger partial charge in [0.05, 0.1) is 0 Å². The number of amides is 1. The fourth-order valence-electron chi connectivity index (χ4n) is 2.96. The largest absolute Gasteiger partial charge is 0.373 e. The molecule has 0 aromatic heterocycles. The van der Waals surface area contributed by atoms with E-state index in [2.05, 4.69) is 34.5 Å². The summed E-state index contributed by atoms with van der Waals surface area (Å²) in [6, 6.07) is 28.2. The maximum Gasteiger partial charge on any atom is 0.251 e. The van der Waals surface area contributed by atoms with Crippen LogP contribution in [-0.2, 0) is 6.42 Å². The van der Waals surface area contributed by atoms with Crippen molar-refractivity contribution in [3.05, 3.63) is 102 Å². The van der Waals surface area contributed by atoms with E-state index in [0.717, 1.165) is 29.8 Å². The Hall–Kier alpha value is -3.07. The zero-order valence-corrected chi connectivity index (χ0v) is 15.1. The van der Waals surface area contributed by atoms with Gasteiger partial charge < -0.3 is 10.2 Å². The van der Waals surface area contributed by atoms with E-state index in [-0.39, 0.29) is 5.91 Å². The Balaban J connectivity index is 1.60. The summed E-state index contributed by atoms with van der Waals surface area (Å²) in [5, 5.41) is 3.05. The molecule has 3 nitrogen and oxygen atoms in total. The van der Waals surface area contributed by atoms with Gasteiger partial charge >= 0.3 is 0 Å². The Bertz CT molecular complexity index is 831. The van der Waals surface area contributed by atoms with Crippen LogP contribution in [0, 0.1) is 0 Å². The minimum atomic E-state index is -0.0157. The van der Waals surface area contributed by atoms with Crippen LogP contribution in [0.25, 0.3) is 0 Å². The van der Waals surface area contributed by atoms with Gasteiger partial charge in [0.25, 0.3) is 5.91 Å². The number of hydrogen-bond donors (Lipinski definition) is 1. The molecule has 3 aromatic rings. The van der Waals surface area contributed by atoms with Crippen LogP contribution in [0.3, 0.4) is 0 Å². The summed E-state index contributed by atoms with van der Waals surface area (Å²) < 4.78 is 0. The molecule has 0 heterocycles. The number of rotatable bonds is 7. The molecule has 0 unspecified atom stereocenters. The lowest BCUT2D eigenvalue weighted by atomic mass is 9.99. The van der Waals surface area contributed by atoms with Crippen molar-refractivity contribution >= 4 is 11.6 Å². The van der Waals surface area contributed by atoms with Crippen molar-refractivity contribution in [1.29, 1.82) is 0 Å². The van der Waals surface area contributed by atoms with E-state index in [1.165, 1.54) is 5.56 Å². The van der Waals surface area contributed by atoms with Crippen LogP contribution >= 0.6 is 0 Å². The zero-order chi connectivity index (χ0) is 18.2. The summed E-state index contributed by atoms with van der Waals surface area (Å²) in [6.07, 6.45) is 0.758. The van der Waals surface area contributed by atoms with E-state index in [1.807, 2.05) is 67.7 Å². The number of carbonyl (C=O) groups excluding carboxylic acids is 1. The van der Waals surface area contributed by atoms with E-state index in [9.17, 15) is 4.79 Å². The first-order valence-corrected chi connectivity index (χ1v) is 8.90. The van der Waals surface area contributed by atoms with E-state index in [1.54, 1.807) is 0 Å². The smallest absolute Gasteiger partial charge is 0.251 e. The van der Waals surface area contributed by atoms with Crippen molar-refractivity contribution in [2.75, 3.05) is 25.0 Å². The average molecular weight is 344 g/mol. The van der Waals surface area contributed by atoms with Crippen molar-refractivity contribution in [2.24, 2.45) is 0 Å². The molecule has 0 spiro atoms. The highest BCUT2D eigenvalue weighted by Crippen LogP contribution is 2.14. The number of anilines is 1. The molecule has 1 N–H and O–H groups in total. The molecule has 0 saturated heterocycles. The maximum atomic E-state index is 12.6. The van der Waals surface area contributed by atoms with Crippen LogP contribution in [0.1, 0.15) is 21.5 Å². The highest BCUT2D eigenvalue weighted by Gasteiger charge is 2.11.